The highest BCUT2D eigenvalue weighted by Crippen LogP contribution is 2.29. The average Bonchev–Trinajstić information content (AvgIpc) is 3.53. The van der Waals surface area contributed by atoms with Gasteiger partial charge in [0.25, 0.3) is 5.91 Å². The standard InChI is InChI=1S/C25H27N5O4/c1-3-18-10-12-19(13-11-18)30(23(31)17-29-21-8-5-4-7-20(21)27-28-29)24(22-9-6-15-34-22)25(32)26-14-16-33-2/h4-13,15,24H,3,14,16-17H2,1-2H3,(H,26,32)/t24-/m1/s1. The number of ether oxygens (including phenoxy) is 1. The van der Waals surface area contributed by atoms with Gasteiger partial charge < -0.3 is 14.5 Å². The molecule has 1 N–H and O–H groups in total. The van der Waals surface area contributed by atoms with Crippen LogP contribution in [0.4, 0.5) is 5.69 Å². The molecule has 9 heteroatoms. The van der Waals surface area contributed by atoms with Crippen LogP contribution >= 0.6 is 0 Å². The highest BCUT2D eigenvalue weighted by molar-refractivity contribution is 6.01. The Morgan fingerprint density at radius 1 is 1.12 bits per heavy atom. The number of aromatic nitrogens is 3. The zero-order valence-corrected chi connectivity index (χ0v) is 19.2. The lowest BCUT2D eigenvalue weighted by Gasteiger charge is -2.30. The summed E-state index contributed by atoms with van der Waals surface area (Å²) in [6.07, 6.45) is 2.34. The Hall–Kier alpha value is -3.98. The molecule has 2 aromatic carbocycles. The fourth-order valence-corrected chi connectivity index (χ4v) is 3.76. The summed E-state index contributed by atoms with van der Waals surface area (Å²) in [6.45, 7) is 2.61. The van der Waals surface area contributed by atoms with E-state index in [4.69, 9.17) is 9.15 Å². The minimum Gasteiger partial charge on any atom is -0.467 e. The van der Waals surface area contributed by atoms with Gasteiger partial charge in [-0.25, -0.2) is 4.68 Å². The second kappa shape index (κ2) is 10.8. The molecular weight excluding hydrogens is 434 g/mol. The third-order valence-corrected chi connectivity index (χ3v) is 5.52. The third-order valence-electron chi connectivity index (χ3n) is 5.52. The van der Waals surface area contributed by atoms with Crippen molar-refractivity contribution in [2.45, 2.75) is 25.9 Å². The van der Waals surface area contributed by atoms with Gasteiger partial charge in [-0.15, -0.1) is 5.10 Å². The van der Waals surface area contributed by atoms with Crippen LogP contribution in [0.5, 0.6) is 0 Å². The highest BCUT2D eigenvalue weighted by Gasteiger charge is 2.35. The number of rotatable bonds is 10. The molecular formula is C25H27N5O4. The number of hydrogen-bond donors (Lipinski definition) is 1. The fraction of sp³-hybridized carbons (Fsp3) is 0.280. The molecule has 4 rings (SSSR count). The molecule has 9 nitrogen and oxygen atoms in total. The summed E-state index contributed by atoms with van der Waals surface area (Å²) >= 11 is 0. The van der Waals surface area contributed by atoms with E-state index in [0.29, 0.717) is 30.1 Å². The van der Waals surface area contributed by atoms with Gasteiger partial charge in [0, 0.05) is 19.3 Å². The number of anilines is 1. The topological polar surface area (TPSA) is 102 Å². The Morgan fingerprint density at radius 2 is 1.91 bits per heavy atom. The molecule has 0 aliphatic carbocycles. The Kier molecular flexibility index (Phi) is 7.34. The number of para-hydroxylation sites is 1. The van der Waals surface area contributed by atoms with E-state index >= 15 is 0 Å². The van der Waals surface area contributed by atoms with Crippen LogP contribution < -0.4 is 10.2 Å². The zero-order chi connectivity index (χ0) is 23.9. The minimum atomic E-state index is -1.01. The van der Waals surface area contributed by atoms with Crippen molar-refractivity contribution in [3.63, 3.8) is 0 Å². The SMILES string of the molecule is CCc1ccc(N(C(=O)Cn2nnc3ccccc32)[C@@H](C(=O)NCCOC)c2ccco2)cc1. The number of methoxy groups -OCH3 is 1. The van der Waals surface area contributed by atoms with Crippen LogP contribution in [0.1, 0.15) is 24.3 Å². The number of nitrogens with one attached hydrogen (secondary N) is 1. The number of aryl methyl sites for hydroxylation is 1. The van der Waals surface area contributed by atoms with Crippen molar-refractivity contribution >= 4 is 28.5 Å². The lowest BCUT2D eigenvalue weighted by Crippen LogP contribution is -2.45. The van der Waals surface area contributed by atoms with Crippen LogP contribution in [-0.4, -0.2) is 47.1 Å². The number of fused-ring (bicyclic) bond motifs is 1. The van der Waals surface area contributed by atoms with E-state index in [1.807, 2.05) is 48.5 Å². The summed E-state index contributed by atoms with van der Waals surface area (Å²) in [5, 5.41) is 11.1. The van der Waals surface area contributed by atoms with Crippen LogP contribution in [0.2, 0.25) is 0 Å². The molecule has 1 atom stereocenters. The van der Waals surface area contributed by atoms with Crippen molar-refractivity contribution in [3.05, 3.63) is 78.3 Å². The van der Waals surface area contributed by atoms with Crippen molar-refractivity contribution in [2.24, 2.45) is 0 Å². The van der Waals surface area contributed by atoms with E-state index in [-0.39, 0.29) is 18.4 Å². The molecule has 2 heterocycles. The van der Waals surface area contributed by atoms with Gasteiger partial charge >= 0.3 is 0 Å². The summed E-state index contributed by atoms with van der Waals surface area (Å²) in [7, 11) is 1.56. The summed E-state index contributed by atoms with van der Waals surface area (Å²) in [5.74, 6) is -0.349. The summed E-state index contributed by atoms with van der Waals surface area (Å²) in [4.78, 5) is 28.5. The van der Waals surface area contributed by atoms with Crippen LogP contribution in [0.15, 0.2) is 71.3 Å². The zero-order valence-electron chi connectivity index (χ0n) is 19.2. The first-order chi connectivity index (χ1) is 16.6. The minimum absolute atomic E-state index is 0.0986. The molecule has 0 aliphatic heterocycles. The Balaban J connectivity index is 1.73. The van der Waals surface area contributed by atoms with Crippen LogP contribution in [0.3, 0.4) is 0 Å². The summed E-state index contributed by atoms with van der Waals surface area (Å²) in [6, 6.07) is 17.4. The second-order valence-corrected chi connectivity index (χ2v) is 7.72. The van der Waals surface area contributed by atoms with Crippen molar-refractivity contribution in [2.75, 3.05) is 25.2 Å². The Morgan fingerprint density at radius 3 is 2.62 bits per heavy atom. The molecule has 0 bridgehead atoms. The molecule has 0 aliphatic rings. The van der Waals surface area contributed by atoms with E-state index < -0.39 is 6.04 Å². The molecule has 34 heavy (non-hydrogen) atoms. The van der Waals surface area contributed by atoms with Crippen LogP contribution in [-0.2, 0) is 27.3 Å². The predicted molar refractivity (Wildman–Crippen MR) is 127 cm³/mol. The van der Waals surface area contributed by atoms with E-state index in [9.17, 15) is 9.59 Å². The molecule has 0 unspecified atom stereocenters. The maximum Gasteiger partial charge on any atom is 0.251 e. The van der Waals surface area contributed by atoms with Crippen molar-refractivity contribution < 1.29 is 18.7 Å². The van der Waals surface area contributed by atoms with E-state index in [1.165, 1.54) is 15.8 Å². The Labute approximate surface area is 197 Å². The first kappa shape index (κ1) is 23.2. The summed E-state index contributed by atoms with van der Waals surface area (Å²) < 4.78 is 12.2. The van der Waals surface area contributed by atoms with E-state index in [1.54, 1.807) is 19.2 Å². The van der Waals surface area contributed by atoms with Gasteiger partial charge in [0.1, 0.15) is 17.8 Å². The molecule has 4 aromatic rings. The van der Waals surface area contributed by atoms with Gasteiger partial charge in [-0.1, -0.05) is 36.4 Å². The van der Waals surface area contributed by atoms with Gasteiger partial charge in [-0.3, -0.25) is 14.5 Å². The van der Waals surface area contributed by atoms with Gasteiger partial charge in [-0.2, -0.15) is 0 Å². The largest absolute Gasteiger partial charge is 0.467 e. The third kappa shape index (κ3) is 4.99. The molecule has 0 spiro atoms. The first-order valence-corrected chi connectivity index (χ1v) is 11.1. The molecule has 0 saturated heterocycles. The van der Waals surface area contributed by atoms with E-state index in [2.05, 4.69) is 22.6 Å². The quantitative estimate of drug-likeness (QED) is 0.364. The fourth-order valence-electron chi connectivity index (χ4n) is 3.76. The monoisotopic (exact) mass is 461 g/mol. The molecule has 0 fully saturated rings. The smallest absolute Gasteiger partial charge is 0.251 e. The Bertz CT molecular complexity index is 1230. The summed E-state index contributed by atoms with van der Waals surface area (Å²) in [5.41, 5.74) is 3.12. The predicted octanol–water partition coefficient (Wildman–Crippen LogP) is 3.12. The number of amides is 2. The van der Waals surface area contributed by atoms with Crippen LogP contribution in [0, 0.1) is 0 Å². The molecule has 2 aromatic heterocycles. The van der Waals surface area contributed by atoms with Gasteiger partial charge in [-0.05, 0) is 48.4 Å². The molecule has 176 valence electrons. The lowest BCUT2D eigenvalue weighted by atomic mass is 10.1. The van der Waals surface area contributed by atoms with Crippen molar-refractivity contribution in [1.82, 2.24) is 20.3 Å². The van der Waals surface area contributed by atoms with Crippen molar-refractivity contribution in [1.29, 1.82) is 0 Å². The number of nitrogens with zero attached hydrogens (tertiary/aromatic N) is 4. The van der Waals surface area contributed by atoms with Gasteiger partial charge in [0.15, 0.2) is 6.04 Å². The number of furan rings is 1. The number of carbonyl (C=O) groups is 2. The van der Waals surface area contributed by atoms with Gasteiger partial charge in [0.2, 0.25) is 5.91 Å². The molecule has 0 saturated carbocycles. The number of hydrogen-bond acceptors (Lipinski definition) is 6. The first-order valence-electron chi connectivity index (χ1n) is 11.1. The molecule has 2 amide bonds. The second-order valence-electron chi connectivity index (χ2n) is 7.72. The van der Waals surface area contributed by atoms with Gasteiger partial charge in [0.05, 0.1) is 18.4 Å². The number of carbonyl (C=O) groups excluding carboxylic acids is 2. The average molecular weight is 462 g/mol. The maximum atomic E-state index is 13.8. The highest BCUT2D eigenvalue weighted by atomic mass is 16.5. The molecule has 0 radical (unpaired) electrons. The maximum absolute atomic E-state index is 13.8. The normalized spacial score (nSPS) is 11.9. The van der Waals surface area contributed by atoms with E-state index in [0.717, 1.165) is 17.5 Å². The number of benzene rings is 2. The van der Waals surface area contributed by atoms with Crippen LogP contribution in [0.25, 0.3) is 11.0 Å². The lowest BCUT2D eigenvalue weighted by molar-refractivity contribution is -0.127. The van der Waals surface area contributed by atoms with Crippen molar-refractivity contribution in [3.8, 4) is 0 Å².